The summed E-state index contributed by atoms with van der Waals surface area (Å²) in [6.07, 6.45) is 3.10. The van der Waals surface area contributed by atoms with Gasteiger partial charge >= 0.3 is 0 Å². The molecule has 1 aliphatic rings. The molecule has 0 radical (unpaired) electrons. The average Bonchev–Trinajstić information content (AvgIpc) is 3.54. The van der Waals surface area contributed by atoms with Gasteiger partial charge in [0.2, 0.25) is 0 Å². The molecule has 45 heavy (non-hydrogen) atoms. The second-order valence-corrected chi connectivity index (χ2v) is 11.8. The molecule has 0 atom stereocenters. The normalized spacial score (nSPS) is 13.5. The smallest absolute Gasteiger partial charge is 0.167 e. The summed E-state index contributed by atoms with van der Waals surface area (Å²) < 4.78 is 2.10. The first-order valence-corrected chi connectivity index (χ1v) is 15.1. The number of para-hydroxylation sites is 1. The largest absolute Gasteiger partial charge is 0.308 e. The Kier molecular flexibility index (Phi) is 6.17. The predicted octanol–water partition coefficient (Wildman–Crippen LogP) is 8.85. The Bertz CT molecular complexity index is 2220. The van der Waals surface area contributed by atoms with Gasteiger partial charge in [-0.05, 0) is 34.4 Å². The van der Waals surface area contributed by atoms with Crippen LogP contribution in [0.4, 0.5) is 0 Å². The third kappa shape index (κ3) is 4.25. The van der Waals surface area contributed by atoms with Crippen molar-refractivity contribution in [2.24, 2.45) is 0 Å². The number of fused-ring (bicyclic) bond motifs is 7. The highest BCUT2D eigenvalue weighted by atomic mass is 15.4. The zero-order valence-corrected chi connectivity index (χ0v) is 25.0. The van der Waals surface area contributed by atoms with Gasteiger partial charge < -0.3 is 10.8 Å². The van der Waals surface area contributed by atoms with Gasteiger partial charge in [0.05, 0.1) is 16.6 Å². The van der Waals surface area contributed by atoms with Crippen LogP contribution in [0.25, 0.3) is 61.3 Å². The number of hydrogen-bond acceptors (Lipinski definition) is 5. The van der Waals surface area contributed by atoms with Gasteiger partial charge in [0, 0.05) is 39.7 Å². The Balaban J connectivity index is 1.28. The molecule has 0 saturated carbocycles. The fourth-order valence-electron chi connectivity index (χ4n) is 6.71. The first-order valence-electron chi connectivity index (χ1n) is 15.1. The summed E-state index contributed by atoms with van der Waals surface area (Å²) in [5, 5.41) is 10.8. The minimum absolute atomic E-state index is 0.150. The van der Waals surface area contributed by atoms with E-state index in [1.54, 1.807) is 0 Å². The lowest BCUT2D eigenvalue weighted by Crippen LogP contribution is -2.15. The van der Waals surface area contributed by atoms with Crippen molar-refractivity contribution in [3.05, 3.63) is 144 Å². The Hall–Kier alpha value is -5.88. The molecule has 8 rings (SSSR count). The SMILES string of the molecule is CC1(C)c2ccccc2-c2ccc3c(c21)c1ccccc1n3N/C=C(\C=N)c1nc(-c2ccccc2)nc(-c2ccccc2)n1. The quantitative estimate of drug-likeness (QED) is 0.192. The van der Waals surface area contributed by atoms with Gasteiger partial charge in [-0.25, -0.2) is 15.0 Å². The zero-order chi connectivity index (χ0) is 30.5. The maximum Gasteiger partial charge on any atom is 0.167 e. The van der Waals surface area contributed by atoms with Crippen molar-refractivity contribution in [2.45, 2.75) is 19.3 Å². The van der Waals surface area contributed by atoms with E-state index in [9.17, 15) is 0 Å². The highest BCUT2D eigenvalue weighted by Crippen LogP contribution is 2.52. The molecule has 6 nitrogen and oxygen atoms in total. The van der Waals surface area contributed by atoms with E-state index in [-0.39, 0.29) is 5.41 Å². The Morgan fingerprint density at radius 2 is 1.29 bits per heavy atom. The van der Waals surface area contributed by atoms with Crippen LogP contribution in [-0.4, -0.2) is 25.8 Å². The molecule has 6 heteroatoms. The molecule has 216 valence electrons. The number of nitrogens with one attached hydrogen (secondary N) is 2. The molecular formula is C39H30N6. The summed E-state index contributed by atoms with van der Waals surface area (Å²) in [5.41, 5.74) is 13.1. The lowest BCUT2D eigenvalue weighted by atomic mass is 9.80. The fraction of sp³-hybridized carbons (Fsp3) is 0.0769. The molecule has 7 aromatic rings. The van der Waals surface area contributed by atoms with E-state index < -0.39 is 0 Å². The molecule has 0 fully saturated rings. The van der Waals surface area contributed by atoms with Crippen molar-refractivity contribution < 1.29 is 0 Å². The summed E-state index contributed by atoms with van der Waals surface area (Å²) in [6, 6.07) is 41.4. The van der Waals surface area contributed by atoms with Gasteiger partial charge in [0.1, 0.15) is 0 Å². The molecule has 1 aliphatic carbocycles. The van der Waals surface area contributed by atoms with E-state index in [2.05, 4.69) is 84.6 Å². The van der Waals surface area contributed by atoms with E-state index in [0.717, 1.165) is 22.2 Å². The Morgan fingerprint density at radius 1 is 0.667 bits per heavy atom. The fourth-order valence-corrected chi connectivity index (χ4v) is 6.71. The third-order valence-corrected chi connectivity index (χ3v) is 8.82. The molecular weight excluding hydrogens is 552 g/mol. The van der Waals surface area contributed by atoms with Crippen molar-refractivity contribution in [1.82, 2.24) is 19.6 Å². The second-order valence-electron chi connectivity index (χ2n) is 11.8. The number of allylic oxidation sites excluding steroid dienone is 1. The van der Waals surface area contributed by atoms with Crippen LogP contribution in [0.15, 0.2) is 128 Å². The highest BCUT2D eigenvalue weighted by Gasteiger charge is 2.37. The minimum Gasteiger partial charge on any atom is -0.308 e. The Labute approximate surface area is 261 Å². The summed E-state index contributed by atoms with van der Waals surface area (Å²) >= 11 is 0. The van der Waals surface area contributed by atoms with Crippen LogP contribution < -0.4 is 5.43 Å². The molecule has 0 aliphatic heterocycles. The first-order chi connectivity index (χ1) is 22.0. The number of benzene rings is 5. The van der Waals surface area contributed by atoms with Crippen LogP contribution in [-0.2, 0) is 5.41 Å². The maximum absolute atomic E-state index is 8.39. The molecule has 0 saturated heterocycles. The van der Waals surface area contributed by atoms with Gasteiger partial charge in [0.25, 0.3) is 0 Å². The van der Waals surface area contributed by atoms with Crippen molar-refractivity contribution in [1.29, 1.82) is 5.41 Å². The van der Waals surface area contributed by atoms with Gasteiger partial charge in [-0.3, -0.25) is 4.68 Å². The molecule has 0 bridgehead atoms. The number of nitrogens with zero attached hydrogens (tertiary/aromatic N) is 4. The predicted molar refractivity (Wildman–Crippen MR) is 184 cm³/mol. The van der Waals surface area contributed by atoms with E-state index in [0.29, 0.717) is 23.0 Å². The average molecular weight is 583 g/mol. The molecule has 5 aromatic carbocycles. The van der Waals surface area contributed by atoms with Crippen molar-refractivity contribution in [2.75, 3.05) is 5.43 Å². The highest BCUT2D eigenvalue weighted by molar-refractivity contribution is 6.14. The first kappa shape index (κ1) is 26.7. The minimum atomic E-state index is -0.150. The van der Waals surface area contributed by atoms with E-state index in [1.807, 2.05) is 66.9 Å². The van der Waals surface area contributed by atoms with E-state index in [4.69, 9.17) is 20.4 Å². The molecule has 0 spiro atoms. The van der Waals surface area contributed by atoms with Gasteiger partial charge in [-0.1, -0.05) is 123 Å². The van der Waals surface area contributed by atoms with Crippen LogP contribution in [0, 0.1) is 5.41 Å². The molecule has 2 aromatic heterocycles. The van der Waals surface area contributed by atoms with Crippen LogP contribution >= 0.6 is 0 Å². The number of aromatic nitrogens is 4. The lowest BCUT2D eigenvalue weighted by molar-refractivity contribution is 0.666. The van der Waals surface area contributed by atoms with Crippen LogP contribution in [0.5, 0.6) is 0 Å². The van der Waals surface area contributed by atoms with Gasteiger partial charge in [-0.2, -0.15) is 0 Å². The standard InChI is InChI=1S/C39H30N6/c1-39(2)31-19-11-9-17-28(31)29-21-22-33-34(35(29)39)30-18-10-12-20-32(30)45(33)41-24-27(23-40)38-43-36(25-13-5-3-6-14-25)42-37(44-38)26-15-7-4-8-16-26/h3-24,40-41H,1-2H3/b27-24+,40-23?. The van der Waals surface area contributed by atoms with Gasteiger partial charge in [-0.15, -0.1) is 0 Å². The topological polar surface area (TPSA) is 79.5 Å². The lowest BCUT2D eigenvalue weighted by Gasteiger charge is -2.22. The van der Waals surface area contributed by atoms with Crippen molar-refractivity contribution >= 4 is 33.6 Å². The molecule has 2 N–H and O–H groups in total. The number of hydrogen-bond donors (Lipinski definition) is 2. The van der Waals surface area contributed by atoms with Gasteiger partial charge in [0.15, 0.2) is 17.5 Å². The summed E-state index contributed by atoms with van der Waals surface area (Å²) in [4.78, 5) is 14.4. The zero-order valence-electron chi connectivity index (χ0n) is 25.0. The molecule has 0 unspecified atom stereocenters. The third-order valence-electron chi connectivity index (χ3n) is 8.82. The maximum atomic E-state index is 8.39. The molecule has 0 amide bonds. The molecule has 2 heterocycles. The summed E-state index contributed by atoms with van der Waals surface area (Å²) in [6.45, 7) is 4.64. The summed E-state index contributed by atoms with van der Waals surface area (Å²) in [7, 11) is 0. The number of rotatable bonds is 6. The van der Waals surface area contributed by atoms with E-state index >= 15 is 0 Å². The van der Waals surface area contributed by atoms with Crippen LogP contribution in [0.2, 0.25) is 0 Å². The van der Waals surface area contributed by atoms with Crippen LogP contribution in [0.1, 0.15) is 30.8 Å². The monoisotopic (exact) mass is 582 g/mol. The second kappa shape index (κ2) is 10.4. The van der Waals surface area contributed by atoms with Crippen molar-refractivity contribution in [3.8, 4) is 33.9 Å². The van der Waals surface area contributed by atoms with E-state index in [1.165, 1.54) is 39.2 Å². The van der Waals surface area contributed by atoms with Crippen molar-refractivity contribution in [3.63, 3.8) is 0 Å². The van der Waals surface area contributed by atoms with Crippen LogP contribution in [0.3, 0.4) is 0 Å². The summed E-state index contributed by atoms with van der Waals surface area (Å²) in [5.74, 6) is 1.53. The Morgan fingerprint density at radius 3 is 1.98 bits per heavy atom.